The van der Waals surface area contributed by atoms with Crippen LogP contribution in [0.1, 0.15) is 55.3 Å². The molecule has 33 heavy (non-hydrogen) atoms. The number of aromatic nitrogens is 1. The first kappa shape index (κ1) is 23.6. The topological polar surface area (TPSA) is 97.8 Å². The average Bonchev–Trinajstić information content (AvgIpc) is 3.28. The van der Waals surface area contributed by atoms with E-state index < -0.39 is 18.2 Å². The Balaban J connectivity index is 1.39. The van der Waals surface area contributed by atoms with Crippen molar-refractivity contribution in [2.24, 2.45) is 5.92 Å². The fraction of sp³-hybridized carbons (Fsp3) is 0.583. The number of para-hydroxylation sites is 1. The molecule has 1 aliphatic carbocycles. The molecule has 1 aliphatic heterocycles. The largest absolute Gasteiger partial charge is 0.436 e. The van der Waals surface area contributed by atoms with Crippen LogP contribution in [-0.2, 0) is 14.3 Å². The lowest BCUT2D eigenvalue weighted by atomic mass is 9.85. The summed E-state index contributed by atoms with van der Waals surface area (Å²) in [6, 6.07) is 6.71. The molecule has 0 bridgehead atoms. The van der Waals surface area contributed by atoms with Crippen LogP contribution < -0.4 is 5.32 Å². The third kappa shape index (κ3) is 6.09. The monoisotopic (exact) mass is 473 g/mol. The van der Waals surface area contributed by atoms with Gasteiger partial charge in [-0.1, -0.05) is 44.2 Å². The van der Waals surface area contributed by atoms with E-state index in [1.165, 1.54) is 17.8 Å². The predicted octanol–water partition coefficient (Wildman–Crippen LogP) is 3.79. The Bertz CT molecular complexity index is 948. The second kappa shape index (κ2) is 11.1. The van der Waals surface area contributed by atoms with Crippen LogP contribution in [0.3, 0.4) is 0 Å². The highest BCUT2D eigenvalue weighted by Crippen LogP contribution is 2.29. The summed E-state index contributed by atoms with van der Waals surface area (Å²) >= 11 is 1.30. The van der Waals surface area contributed by atoms with Gasteiger partial charge in [0.25, 0.3) is 5.91 Å². The molecule has 1 aromatic heterocycles. The number of hydrogen-bond donors (Lipinski definition) is 1. The van der Waals surface area contributed by atoms with E-state index in [0.29, 0.717) is 43.6 Å². The average molecular weight is 474 g/mol. The van der Waals surface area contributed by atoms with Crippen LogP contribution in [0.5, 0.6) is 0 Å². The number of alkyl carbamates (subject to hydrolysis) is 1. The van der Waals surface area contributed by atoms with Gasteiger partial charge in [-0.25, -0.2) is 9.78 Å². The van der Waals surface area contributed by atoms with Crippen molar-refractivity contribution < 1.29 is 23.9 Å². The molecular formula is C24H31N3O5S. The molecule has 1 saturated heterocycles. The van der Waals surface area contributed by atoms with E-state index in [-0.39, 0.29) is 11.7 Å². The van der Waals surface area contributed by atoms with E-state index in [2.05, 4.69) is 10.3 Å². The Morgan fingerprint density at radius 3 is 2.64 bits per heavy atom. The number of hydrogen-bond acceptors (Lipinski definition) is 7. The number of carbonyl (C=O) groups is 3. The summed E-state index contributed by atoms with van der Waals surface area (Å²) in [5, 5.41) is 2.95. The van der Waals surface area contributed by atoms with Crippen molar-refractivity contribution in [1.29, 1.82) is 0 Å². The van der Waals surface area contributed by atoms with Gasteiger partial charge in [-0.05, 0) is 31.4 Å². The molecule has 2 aliphatic rings. The van der Waals surface area contributed by atoms with Crippen molar-refractivity contribution in [3.63, 3.8) is 0 Å². The van der Waals surface area contributed by atoms with Crippen LogP contribution >= 0.6 is 11.3 Å². The fourth-order valence-corrected chi connectivity index (χ4v) is 5.48. The van der Waals surface area contributed by atoms with Gasteiger partial charge < -0.3 is 19.7 Å². The molecule has 178 valence electrons. The number of thiazole rings is 1. The van der Waals surface area contributed by atoms with Gasteiger partial charge >= 0.3 is 6.09 Å². The maximum absolute atomic E-state index is 13.1. The first-order valence-electron chi connectivity index (χ1n) is 11.7. The lowest BCUT2D eigenvalue weighted by Crippen LogP contribution is -2.49. The highest BCUT2D eigenvalue weighted by atomic mass is 32.1. The number of Topliss-reactive ketones (excluding diaryl/α,β-unsaturated/α-hetero) is 1. The number of ketones is 1. The number of fused-ring (bicyclic) bond motifs is 1. The van der Waals surface area contributed by atoms with Crippen LogP contribution in [0.4, 0.5) is 4.79 Å². The summed E-state index contributed by atoms with van der Waals surface area (Å²) in [5.74, 6) is -0.0935. The molecule has 2 atom stereocenters. The number of nitrogens with zero attached hydrogens (tertiary/aromatic N) is 2. The summed E-state index contributed by atoms with van der Waals surface area (Å²) in [6.45, 7) is 3.58. The van der Waals surface area contributed by atoms with Crippen LogP contribution in [0.2, 0.25) is 0 Å². The van der Waals surface area contributed by atoms with Gasteiger partial charge in [0.15, 0.2) is 11.1 Å². The molecule has 4 rings (SSSR count). The normalized spacial score (nSPS) is 19.1. The Morgan fingerprint density at radius 2 is 1.91 bits per heavy atom. The first-order valence-corrected chi connectivity index (χ1v) is 12.6. The molecule has 9 heteroatoms. The molecule has 2 heterocycles. The quantitative estimate of drug-likeness (QED) is 0.615. The summed E-state index contributed by atoms with van der Waals surface area (Å²) in [5.41, 5.74) is 0.754. The van der Waals surface area contributed by atoms with Gasteiger partial charge in [0.2, 0.25) is 5.78 Å². The summed E-state index contributed by atoms with van der Waals surface area (Å²) < 4.78 is 11.9. The maximum Gasteiger partial charge on any atom is 0.408 e. The van der Waals surface area contributed by atoms with Gasteiger partial charge in [-0.15, -0.1) is 11.3 Å². The number of benzene rings is 1. The molecule has 0 radical (unpaired) electrons. The zero-order valence-electron chi connectivity index (χ0n) is 19.0. The Hall–Kier alpha value is -2.52. The molecular weight excluding hydrogens is 442 g/mol. The molecule has 2 amide bonds. The lowest BCUT2D eigenvalue weighted by Gasteiger charge is -2.32. The highest BCUT2D eigenvalue weighted by Gasteiger charge is 2.33. The second-order valence-corrected chi connectivity index (χ2v) is 9.82. The van der Waals surface area contributed by atoms with Gasteiger partial charge in [-0.3, -0.25) is 9.59 Å². The zero-order chi connectivity index (χ0) is 23.2. The first-order chi connectivity index (χ1) is 16.0. The highest BCUT2D eigenvalue weighted by molar-refractivity contribution is 7.20. The summed E-state index contributed by atoms with van der Waals surface area (Å²) in [4.78, 5) is 44.7. The number of ether oxygens (including phenoxy) is 2. The van der Waals surface area contributed by atoms with Gasteiger partial charge in [0, 0.05) is 13.1 Å². The van der Waals surface area contributed by atoms with E-state index in [1.807, 2.05) is 24.3 Å². The standard InChI is InChI=1S/C24H31N3O5S/c1-16(21(28)22-26-18-9-5-6-10-20(18)33-22)25-24(30)32-19(15-17-7-3-2-4-8-17)23(29)27-11-13-31-14-12-27/h5-6,9-10,16-17,19H,2-4,7-8,11-15H2,1H3,(H,25,30)/t16-,19-/m0/s1. The number of nitrogens with one attached hydrogen (secondary N) is 1. The minimum Gasteiger partial charge on any atom is -0.436 e. The van der Waals surface area contributed by atoms with Crippen molar-refractivity contribution >= 4 is 39.3 Å². The third-order valence-electron chi connectivity index (χ3n) is 6.35. The van der Waals surface area contributed by atoms with Crippen LogP contribution in [0, 0.1) is 5.92 Å². The third-order valence-corrected chi connectivity index (χ3v) is 7.40. The van der Waals surface area contributed by atoms with E-state index in [0.717, 1.165) is 35.9 Å². The summed E-state index contributed by atoms with van der Waals surface area (Å²) in [7, 11) is 0. The Labute approximate surface area is 197 Å². The van der Waals surface area contributed by atoms with Crippen LogP contribution in [-0.4, -0.2) is 66.1 Å². The molecule has 0 spiro atoms. The SMILES string of the molecule is C[C@H](NC(=O)O[C@@H](CC1CCCCC1)C(=O)N1CCOCC1)C(=O)c1nc2ccccc2s1. The molecule has 8 nitrogen and oxygen atoms in total. The van der Waals surface area contributed by atoms with Crippen molar-refractivity contribution in [2.75, 3.05) is 26.3 Å². The minimum atomic E-state index is -0.851. The molecule has 2 aromatic rings. The van der Waals surface area contributed by atoms with Crippen molar-refractivity contribution in [3.8, 4) is 0 Å². The zero-order valence-corrected chi connectivity index (χ0v) is 19.8. The van der Waals surface area contributed by atoms with E-state index in [9.17, 15) is 14.4 Å². The molecule has 1 saturated carbocycles. The number of amides is 2. The number of carbonyl (C=O) groups excluding carboxylic acids is 3. The van der Waals surface area contributed by atoms with Crippen LogP contribution in [0.25, 0.3) is 10.2 Å². The van der Waals surface area contributed by atoms with Gasteiger partial charge in [0.1, 0.15) is 0 Å². The second-order valence-electron chi connectivity index (χ2n) is 8.79. The Kier molecular flexibility index (Phi) is 7.93. The van der Waals surface area contributed by atoms with Crippen molar-refractivity contribution in [2.45, 2.75) is 57.6 Å². The van der Waals surface area contributed by atoms with E-state index in [4.69, 9.17) is 9.47 Å². The summed E-state index contributed by atoms with van der Waals surface area (Å²) in [6.07, 6.45) is 4.51. The van der Waals surface area contributed by atoms with Gasteiger partial charge in [0.05, 0.1) is 29.5 Å². The maximum atomic E-state index is 13.1. The number of morpholine rings is 1. The number of rotatable bonds is 7. The molecule has 0 unspecified atom stereocenters. The smallest absolute Gasteiger partial charge is 0.408 e. The van der Waals surface area contributed by atoms with Crippen molar-refractivity contribution in [1.82, 2.24) is 15.2 Å². The van der Waals surface area contributed by atoms with Crippen LogP contribution in [0.15, 0.2) is 24.3 Å². The van der Waals surface area contributed by atoms with E-state index in [1.54, 1.807) is 11.8 Å². The Morgan fingerprint density at radius 1 is 1.18 bits per heavy atom. The fourth-order valence-electron chi connectivity index (χ4n) is 4.48. The predicted molar refractivity (Wildman–Crippen MR) is 125 cm³/mol. The van der Waals surface area contributed by atoms with Crippen molar-refractivity contribution in [3.05, 3.63) is 29.3 Å². The van der Waals surface area contributed by atoms with Gasteiger partial charge in [-0.2, -0.15) is 0 Å². The molecule has 2 fully saturated rings. The molecule has 1 N–H and O–H groups in total. The van der Waals surface area contributed by atoms with E-state index >= 15 is 0 Å². The lowest BCUT2D eigenvalue weighted by molar-refractivity contribution is -0.145. The molecule has 1 aromatic carbocycles. The minimum absolute atomic E-state index is 0.177.